The van der Waals surface area contributed by atoms with E-state index in [1.165, 1.54) is 70.6 Å². The molecular weight excluding hydrogens is 429 g/mol. The standard InChI is InChI=1S/C28H43P3/c1-23(13-7-4-8-14-23)26-19-20-31-27(24(2)15-9-5-10-16-24)28(31,30(26)22-21-29(26)27)25(3)17-11-6-12-18-25/h19-22H,4-18H2,1-3H3. The van der Waals surface area contributed by atoms with E-state index in [0.717, 1.165) is 9.79 Å². The van der Waals surface area contributed by atoms with E-state index in [9.17, 15) is 0 Å². The first-order chi connectivity index (χ1) is 14.9. The summed E-state index contributed by atoms with van der Waals surface area (Å²) in [4.78, 5) is 2.08. The largest absolute Gasteiger partial charge is 0.0681 e. The quantitative estimate of drug-likeness (QED) is 0.358. The maximum atomic E-state index is 2.97. The van der Waals surface area contributed by atoms with E-state index in [1.54, 1.807) is 25.7 Å². The summed E-state index contributed by atoms with van der Waals surface area (Å²) in [5, 5.41) is 0. The molecule has 5 aliphatic heterocycles. The minimum Gasteiger partial charge on any atom is -0.0681 e. The molecular formula is C28H43P3. The molecule has 5 fully saturated rings. The molecule has 8 aliphatic rings. The molecule has 2 saturated heterocycles. The van der Waals surface area contributed by atoms with Crippen LogP contribution in [0.1, 0.15) is 117 Å². The second-order valence-corrected chi connectivity index (χ2v) is 21.4. The molecule has 31 heavy (non-hydrogen) atoms. The lowest BCUT2D eigenvalue weighted by Crippen LogP contribution is -2.46. The Morgan fingerprint density at radius 3 is 1.26 bits per heavy atom. The number of hydrogen-bond acceptors (Lipinski definition) is 0. The van der Waals surface area contributed by atoms with E-state index in [2.05, 4.69) is 44.3 Å². The summed E-state index contributed by atoms with van der Waals surface area (Å²) in [6.45, 7) is 8.48. The second kappa shape index (κ2) is 6.50. The molecule has 3 saturated carbocycles. The van der Waals surface area contributed by atoms with E-state index in [0.29, 0.717) is 21.1 Å². The van der Waals surface area contributed by atoms with Crippen LogP contribution in [0.5, 0.6) is 0 Å². The van der Waals surface area contributed by atoms with Gasteiger partial charge in [-0.2, -0.15) is 0 Å². The molecule has 5 heterocycles. The Kier molecular flexibility index (Phi) is 4.42. The van der Waals surface area contributed by atoms with Crippen molar-refractivity contribution in [2.75, 3.05) is 0 Å². The Morgan fingerprint density at radius 2 is 0.839 bits per heavy atom. The van der Waals surface area contributed by atoms with Gasteiger partial charge in [0.1, 0.15) is 0 Å². The van der Waals surface area contributed by atoms with Crippen molar-refractivity contribution in [3.05, 3.63) is 23.5 Å². The van der Waals surface area contributed by atoms with E-state index < -0.39 is 0 Å². The zero-order valence-electron chi connectivity index (χ0n) is 20.3. The van der Waals surface area contributed by atoms with Crippen molar-refractivity contribution in [3.8, 4) is 0 Å². The number of hydrogen-bond donors (Lipinski definition) is 0. The van der Waals surface area contributed by atoms with Gasteiger partial charge in [0.05, 0.1) is 0 Å². The summed E-state index contributed by atoms with van der Waals surface area (Å²) in [6.07, 6.45) is 25.8. The molecule has 0 spiro atoms. The molecule has 4 unspecified atom stereocenters. The summed E-state index contributed by atoms with van der Waals surface area (Å²) < 4.78 is 0. The van der Waals surface area contributed by atoms with Crippen LogP contribution in [0.4, 0.5) is 0 Å². The first kappa shape index (κ1) is 21.1. The molecule has 3 aliphatic carbocycles. The predicted octanol–water partition coefficient (Wildman–Crippen LogP) is 10.5. The highest BCUT2D eigenvalue weighted by atomic mass is 31.2. The average molecular weight is 473 g/mol. The Bertz CT molecular complexity index is 790. The first-order valence-electron chi connectivity index (χ1n) is 13.7. The van der Waals surface area contributed by atoms with Crippen molar-refractivity contribution < 1.29 is 0 Å². The van der Waals surface area contributed by atoms with Crippen LogP contribution in [0.15, 0.2) is 23.5 Å². The smallest absolute Gasteiger partial charge is 0.0428 e. The van der Waals surface area contributed by atoms with Crippen molar-refractivity contribution in [3.63, 3.8) is 0 Å². The maximum Gasteiger partial charge on any atom is 0.0428 e. The predicted molar refractivity (Wildman–Crippen MR) is 141 cm³/mol. The highest BCUT2D eigenvalue weighted by Gasteiger charge is 2.98. The fourth-order valence-corrected chi connectivity index (χ4v) is 31.5. The Hall–Kier alpha value is 0.770. The molecule has 4 atom stereocenters. The monoisotopic (exact) mass is 472 g/mol. The van der Waals surface area contributed by atoms with Gasteiger partial charge >= 0.3 is 0 Å². The van der Waals surface area contributed by atoms with E-state index in [-0.39, 0.29) is 23.8 Å². The van der Waals surface area contributed by atoms with Gasteiger partial charge in [0, 0.05) is 14.7 Å². The second-order valence-electron chi connectivity index (χ2n) is 13.2. The first-order valence-corrected chi connectivity index (χ1v) is 17.9. The van der Waals surface area contributed by atoms with Gasteiger partial charge < -0.3 is 0 Å². The maximum absolute atomic E-state index is 2.97. The highest BCUT2D eigenvalue weighted by molar-refractivity contribution is 8.09. The van der Waals surface area contributed by atoms with Gasteiger partial charge in [-0.15, -0.1) is 0 Å². The summed E-state index contributed by atoms with van der Waals surface area (Å²) in [5.74, 6) is 8.85. The third-order valence-corrected chi connectivity index (χ3v) is 26.7. The molecule has 0 aromatic carbocycles. The summed E-state index contributed by atoms with van der Waals surface area (Å²) in [5.41, 5.74) is 1.88. The number of rotatable bonds is 3. The fraction of sp³-hybridized carbons (Fsp3) is 0.857. The van der Waals surface area contributed by atoms with Crippen LogP contribution in [-0.4, -0.2) is 14.7 Å². The molecule has 3 heteroatoms. The van der Waals surface area contributed by atoms with Crippen LogP contribution in [0, 0.1) is 16.2 Å². The van der Waals surface area contributed by atoms with Crippen molar-refractivity contribution in [2.45, 2.75) is 132 Å². The summed E-state index contributed by atoms with van der Waals surface area (Å²) in [7, 11) is 0.0991. The van der Waals surface area contributed by atoms with Gasteiger partial charge in [0.2, 0.25) is 0 Å². The molecule has 0 amide bonds. The SMILES string of the molecule is CC1(C23C=CP4C5(C6(C)CCCCC6)P2C=CP3C45C2(C)CCCCC2)CCCCC1. The van der Waals surface area contributed by atoms with Gasteiger partial charge in [-0.1, -0.05) is 126 Å². The lowest BCUT2D eigenvalue weighted by Gasteiger charge is -2.57. The van der Waals surface area contributed by atoms with Crippen molar-refractivity contribution in [1.29, 1.82) is 0 Å². The van der Waals surface area contributed by atoms with Gasteiger partial charge in [0.25, 0.3) is 0 Å². The van der Waals surface area contributed by atoms with E-state index in [4.69, 9.17) is 0 Å². The molecule has 0 radical (unpaired) electrons. The Balaban J connectivity index is 1.46. The number of allylic oxidation sites excluding steroid dienone is 1. The summed E-state index contributed by atoms with van der Waals surface area (Å²) >= 11 is 0. The van der Waals surface area contributed by atoms with Gasteiger partial charge in [-0.25, -0.2) is 0 Å². The van der Waals surface area contributed by atoms with Gasteiger partial charge in [-0.3, -0.25) is 0 Å². The molecule has 0 aromatic rings. The molecule has 8 rings (SSSR count). The van der Waals surface area contributed by atoms with Crippen LogP contribution in [0.2, 0.25) is 0 Å². The Labute approximate surface area is 195 Å². The average Bonchev–Trinajstić information content (AvgIpc) is 3.22. The molecule has 0 aromatic heterocycles. The normalized spacial score (nSPS) is 52.3. The molecule has 0 N–H and O–H groups in total. The minimum absolute atomic E-state index is 0.00386. The van der Waals surface area contributed by atoms with Crippen LogP contribution in [-0.2, 0) is 0 Å². The van der Waals surface area contributed by atoms with Crippen molar-refractivity contribution in [2.24, 2.45) is 16.2 Å². The van der Waals surface area contributed by atoms with E-state index >= 15 is 0 Å². The highest BCUT2D eigenvalue weighted by Crippen LogP contribution is 3.22. The summed E-state index contributed by atoms with van der Waals surface area (Å²) in [6, 6.07) is 0. The van der Waals surface area contributed by atoms with Crippen molar-refractivity contribution >= 4 is 23.8 Å². The van der Waals surface area contributed by atoms with Gasteiger partial charge in [0.15, 0.2) is 0 Å². The fourth-order valence-electron chi connectivity index (χ4n) is 10.5. The van der Waals surface area contributed by atoms with Crippen LogP contribution in [0.3, 0.4) is 0 Å². The van der Waals surface area contributed by atoms with Gasteiger partial charge in [-0.05, 0) is 54.8 Å². The lowest BCUT2D eigenvalue weighted by atomic mass is 9.65. The minimum atomic E-state index is 0.00386. The van der Waals surface area contributed by atoms with Crippen molar-refractivity contribution in [1.82, 2.24) is 0 Å². The van der Waals surface area contributed by atoms with E-state index in [1.807, 2.05) is 0 Å². The zero-order valence-corrected chi connectivity index (χ0v) is 22.9. The zero-order chi connectivity index (χ0) is 21.2. The van der Waals surface area contributed by atoms with Crippen LogP contribution >= 0.6 is 23.8 Å². The third kappa shape index (κ3) is 2.04. The van der Waals surface area contributed by atoms with Crippen LogP contribution in [0.25, 0.3) is 0 Å². The molecule has 6 bridgehead atoms. The molecule has 170 valence electrons. The lowest BCUT2D eigenvalue weighted by molar-refractivity contribution is 0.141. The molecule has 0 nitrogen and oxygen atoms in total. The third-order valence-electron chi connectivity index (χ3n) is 11.8. The Morgan fingerprint density at radius 1 is 0.452 bits per heavy atom. The van der Waals surface area contributed by atoms with Crippen LogP contribution < -0.4 is 0 Å². The topological polar surface area (TPSA) is 0 Å².